The van der Waals surface area contributed by atoms with E-state index in [9.17, 15) is 0 Å². The van der Waals surface area contributed by atoms with Gasteiger partial charge in [0.1, 0.15) is 5.60 Å². The van der Waals surface area contributed by atoms with Crippen LogP contribution >= 0.6 is 0 Å². The molecule has 0 radical (unpaired) electrons. The maximum atomic E-state index is 5.54. The second kappa shape index (κ2) is 2.65. The monoisotopic (exact) mass is 140 g/mol. The van der Waals surface area contributed by atoms with Crippen molar-refractivity contribution < 1.29 is 4.74 Å². The van der Waals surface area contributed by atoms with E-state index in [4.69, 9.17) is 4.74 Å². The van der Waals surface area contributed by atoms with Crippen molar-refractivity contribution >= 4 is 0 Å². The summed E-state index contributed by atoms with van der Waals surface area (Å²) in [4.78, 5) is 0. The molecule has 1 heterocycles. The molecule has 0 atom stereocenters. The van der Waals surface area contributed by atoms with E-state index < -0.39 is 0 Å². The third-order valence-corrected chi connectivity index (χ3v) is 1.93. The summed E-state index contributed by atoms with van der Waals surface area (Å²) in [6, 6.07) is 0. The molecule has 0 saturated carbocycles. The van der Waals surface area contributed by atoms with Crippen LogP contribution in [0, 0.1) is 0 Å². The van der Waals surface area contributed by atoms with Crippen molar-refractivity contribution in [3.63, 3.8) is 0 Å². The van der Waals surface area contributed by atoms with Crippen LogP contribution in [-0.4, -0.2) is 5.60 Å². The van der Waals surface area contributed by atoms with Gasteiger partial charge in [-0.2, -0.15) is 0 Å². The Kier molecular flexibility index (Phi) is 2.02. The van der Waals surface area contributed by atoms with Crippen molar-refractivity contribution in [3.05, 3.63) is 11.8 Å². The molecular weight excluding hydrogens is 124 g/mol. The van der Waals surface area contributed by atoms with Crippen LogP contribution in [0.25, 0.3) is 0 Å². The second-order valence-corrected chi connectivity index (χ2v) is 3.70. The van der Waals surface area contributed by atoms with Crippen molar-refractivity contribution in [3.8, 4) is 0 Å². The molecule has 0 fully saturated rings. The molecule has 1 nitrogen and oxygen atoms in total. The molecule has 10 heavy (non-hydrogen) atoms. The van der Waals surface area contributed by atoms with Gasteiger partial charge >= 0.3 is 0 Å². The van der Waals surface area contributed by atoms with Gasteiger partial charge in [-0.1, -0.05) is 0 Å². The predicted molar refractivity (Wildman–Crippen MR) is 42.8 cm³/mol. The van der Waals surface area contributed by atoms with Gasteiger partial charge in [0, 0.05) is 0 Å². The second-order valence-electron chi connectivity index (χ2n) is 3.70. The molecule has 0 aromatic rings. The van der Waals surface area contributed by atoms with Gasteiger partial charge in [0.15, 0.2) is 0 Å². The highest BCUT2D eigenvalue weighted by molar-refractivity contribution is 4.96. The summed E-state index contributed by atoms with van der Waals surface area (Å²) in [6.45, 7) is 6.41. The molecule has 1 heteroatoms. The number of hydrogen-bond donors (Lipinski definition) is 0. The van der Waals surface area contributed by atoms with E-state index in [-0.39, 0.29) is 5.60 Å². The van der Waals surface area contributed by atoms with E-state index in [1.807, 2.05) is 6.26 Å². The first-order valence-corrected chi connectivity index (χ1v) is 3.94. The molecule has 0 aliphatic carbocycles. The Morgan fingerprint density at radius 1 is 1.50 bits per heavy atom. The summed E-state index contributed by atoms with van der Waals surface area (Å²) < 4.78 is 5.54. The van der Waals surface area contributed by atoms with Gasteiger partial charge in [0.2, 0.25) is 0 Å². The molecule has 1 rings (SSSR count). The minimum absolute atomic E-state index is 0.0672. The van der Waals surface area contributed by atoms with Crippen LogP contribution in [0.5, 0.6) is 0 Å². The smallest absolute Gasteiger partial charge is 0.103 e. The van der Waals surface area contributed by atoms with Crippen LogP contribution in [0.2, 0.25) is 0 Å². The predicted octanol–water partition coefficient (Wildman–Crippen LogP) is 2.87. The Labute approximate surface area is 63.1 Å². The van der Waals surface area contributed by atoms with Crippen LogP contribution in [0.4, 0.5) is 0 Å². The Balaban J connectivity index is 2.57. The van der Waals surface area contributed by atoms with Crippen molar-refractivity contribution in [2.45, 2.75) is 45.6 Å². The highest BCUT2D eigenvalue weighted by Gasteiger charge is 2.19. The van der Waals surface area contributed by atoms with Crippen LogP contribution in [0.3, 0.4) is 0 Å². The van der Waals surface area contributed by atoms with Crippen LogP contribution < -0.4 is 0 Å². The highest BCUT2D eigenvalue weighted by Crippen LogP contribution is 2.24. The lowest BCUT2D eigenvalue weighted by Crippen LogP contribution is -2.20. The van der Waals surface area contributed by atoms with E-state index in [0.717, 1.165) is 0 Å². The maximum Gasteiger partial charge on any atom is 0.103 e. The third kappa shape index (κ3) is 2.05. The SMILES string of the molecule is CC1=COC(C)(C)CCC1. The van der Waals surface area contributed by atoms with Gasteiger partial charge in [0.05, 0.1) is 6.26 Å². The largest absolute Gasteiger partial charge is 0.496 e. The minimum atomic E-state index is 0.0672. The summed E-state index contributed by atoms with van der Waals surface area (Å²) in [5.74, 6) is 0. The van der Waals surface area contributed by atoms with Crippen LogP contribution in [0.1, 0.15) is 40.0 Å². The van der Waals surface area contributed by atoms with Crippen molar-refractivity contribution in [2.75, 3.05) is 0 Å². The lowest BCUT2D eigenvalue weighted by atomic mass is 10.0. The number of allylic oxidation sites excluding steroid dienone is 1. The van der Waals surface area contributed by atoms with E-state index in [1.165, 1.54) is 24.8 Å². The number of hydrogen-bond acceptors (Lipinski definition) is 1. The van der Waals surface area contributed by atoms with Gasteiger partial charge in [-0.25, -0.2) is 0 Å². The molecule has 0 saturated heterocycles. The summed E-state index contributed by atoms with van der Waals surface area (Å²) in [6.07, 6.45) is 5.53. The maximum absolute atomic E-state index is 5.54. The molecule has 1 aliphatic heterocycles. The van der Waals surface area contributed by atoms with Gasteiger partial charge in [-0.05, 0) is 45.6 Å². The molecule has 0 spiro atoms. The number of ether oxygens (including phenoxy) is 1. The van der Waals surface area contributed by atoms with E-state index >= 15 is 0 Å². The molecule has 1 aliphatic rings. The zero-order valence-electron chi connectivity index (χ0n) is 7.11. The average molecular weight is 140 g/mol. The Morgan fingerprint density at radius 2 is 2.20 bits per heavy atom. The van der Waals surface area contributed by atoms with Gasteiger partial charge < -0.3 is 4.74 Å². The Bertz CT molecular complexity index is 145. The van der Waals surface area contributed by atoms with E-state index in [2.05, 4.69) is 20.8 Å². The molecule has 0 aromatic carbocycles. The average Bonchev–Trinajstić information content (AvgIpc) is 1.94. The van der Waals surface area contributed by atoms with Crippen molar-refractivity contribution in [1.82, 2.24) is 0 Å². The number of rotatable bonds is 0. The molecule has 0 unspecified atom stereocenters. The van der Waals surface area contributed by atoms with Crippen molar-refractivity contribution in [1.29, 1.82) is 0 Å². The third-order valence-electron chi connectivity index (χ3n) is 1.93. The molecule has 58 valence electrons. The zero-order valence-corrected chi connectivity index (χ0v) is 7.11. The summed E-state index contributed by atoms with van der Waals surface area (Å²) in [7, 11) is 0. The van der Waals surface area contributed by atoms with Gasteiger partial charge in [-0.3, -0.25) is 0 Å². The van der Waals surface area contributed by atoms with Crippen LogP contribution in [-0.2, 0) is 4.74 Å². The molecule has 0 N–H and O–H groups in total. The van der Waals surface area contributed by atoms with E-state index in [0.29, 0.717) is 0 Å². The molecule has 0 amide bonds. The summed E-state index contributed by atoms with van der Waals surface area (Å²) in [5, 5.41) is 0. The normalized spacial score (nSPS) is 24.5. The van der Waals surface area contributed by atoms with E-state index in [1.54, 1.807) is 0 Å². The van der Waals surface area contributed by atoms with Gasteiger partial charge in [-0.15, -0.1) is 0 Å². The first kappa shape index (κ1) is 7.64. The molecule has 0 aromatic heterocycles. The zero-order chi connectivity index (χ0) is 7.61. The fraction of sp³-hybridized carbons (Fsp3) is 0.778. The van der Waals surface area contributed by atoms with Crippen LogP contribution in [0.15, 0.2) is 11.8 Å². The van der Waals surface area contributed by atoms with Gasteiger partial charge in [0.25, 0.3) is 0 Å². The summed E-state index contributed by atoms with van der Waals surface area (Å²) in [5.41, 5.74) is 1.43. The topological polar surface area (TPSA) is 9.23 Å². The molecular formula is C9H16O. The summed E-state index contributed by atoms with van der Waals surface area (Å²) >= 11 is 0. The lowest BCUT2D eigenvalue weighted by molar-refractivity contribution is 0.0523. The Hall–Kier alpha value is -0.460. The highest BCUT2D eigenvalue weighted by atomic mass is 16.5. The fourth-order valence-electron chi connectivity index (χ4n) is 1.17. The quantitative estimate of drug-likeness (QED) is 0.502. The first-order valence-electron chi connectivity index (χ1n) is 3.94. The standard InChI is InChI=1S/C9H16O/c1-8-5-4-6-9(2,3)10-7-8/h7H,4-6H2,1-3H3. The Morgan fingerprint density at radius 3 is 2.90 bits per heavy atom. The lowest BCUT2D eigenvalue weighted by Gasteiger charge is -2.21. The fourth-order valence-corrected chi connectivity index (χ4v) is 1.17. The van der Waals surface area contributed by atoms with Crippen molar-refractivity contribution in [2.24, 2.45) is 0 Å². The minimum Gasteiger partial charge on any atom is -0.496 e. The molecule has 0 bridgehead atoms. The first-order chi connectivity index (χ1) is 4.60.